The van der Waals surface area contributed by atoms with Gasteiger partial charge in [-0.1, -0.05) is 6.07 Å². The second-order valence-corrected chi connectivity index (χ2v) is 6.57. The number of halogens is 2. The van der Waals surface area contributed by atoms with E-state index in [2.05, 4.69) is 5.32 Å². The molecule has 3 rings (SSSR count). The Morgan fingerprint density at radius 2 is 1.67 bits per heavy atom. The predicted octanol–water partition coefficient (Wildman–Crippen LogP) is 4.57. The van der Waals surface area contributed by atoms with Crippen molar-refractivity contribution in [2.24, 2.45) is 0 Å². The lowest BCUT2D eigenvalue weighted by molar-refractivity contribution is 0.515. The highest BCUT2D eigenvalue weighted by Gasteiger charge is 2.14. The molecule has 0 saturated heterocycles. The normalized spacial score (nSPS) is 12.1. The number of nitrogens with one attached hydrogen (secondary N) is 1. The van der Waals surface area contributed by atoms with Gasteiger partial charge in [-0.05, 0) is 48.5 Å². The van der Waals surface area contributed by atoms with Crippen LogP contribution in [0.15, 0.2) is 63.9 Å². The molecule has 0 bridgehead atoms. The van der Waals surface area contributed by atoms with Gasteiger partial charge in [0, 0.05) is 27.6 Å². The Kier molecular flexibility index (Phi) is 4.76. The van der Waals surface area contributed by atoms with E-state index in [4.69, 9.17) is 4.42 Å². The zero-order valence-corrected chi connectivity index (χ0v) is 13.7. The third-order valence-electron chi connectivity index (χ3n) is 3.52. The molecule has 0 unspecified atom stereocenters. The summed E-state index contributed by atoms with van der Waals surface area (Å²) in [5, 5.41) is 3.14. The van der Waals surface area contributed by atoms with Crippen LogP contribution in [0, 0.1) is 11.6 Å². The topological polar surface area (TPSA) is 42.2 Å². The molecule has 0 radical (unpaired) electrons. The summed E-state index contributed by atoms with van der Waals surface area (Å²) in [6, 6.07) is 14.1. The number of hydrogen-bond acceptors (Lipinski definition) is 3. The second-order valence-electron chi connectivity index (χ2n) is 5.19. The van der Waals surface area contributed by atoms with Crippen LogP contribution in [0.25, 0.3) is 11.3 Å². The number of furan rings is 1. The van der Waals surface area contributed by atoms with Crippen molar-refractivity contribution < 1.29 is 17.4 Å². The maximum absolute atomic E-state index is 13.8. The standard InChI is InChI=1S/C18H15F2NO2S/c1-24(22)14-8-5-12(6-9-14)21-11-13-7-10-17(23-13)18-15(19)3-2-4-16(18)20/h2-10,21H,11H2,1H3/t24-/m1/s1. The SMILES string of the molecule is C[S@@](=O)c1ccc(NCc2ccc(-c3c(F)cccc3F)o2)cc1. The molecule has 0 aliphatic heterocycles. The summed E-state index contributed by atoms with van der Waals surface area (Å²) in [5.74, 6) is -0.617. The Hall–Kier alpha value is -2.47. The molecule has 2 aromatic carbocycles. The molecule has 0 spiro atoms. The van der Waals surface area contributed by atoms with E-state index in [0.29, 0.717) is 12.3 Å². The fourth-order valence-electron chi connectivity index (χ4n) is 2.29. The summed E-state index contributed by atoms with van der Waals surface area (Å²) in [5.41, 5.74) is 0.665. The predicted molar refractivity (Wildman–Crippen MR) is 90.2 cm³/mol. The minimum Gasteiger partial charge on any atom is -0.459 e. The van der Waals surface area contributed by atoms with Gasteiger partial charge in [0.1, 0.15) is 23.2 Å². The number of anilines is 1. The number of hydrogen-bond donors (Lipinski definition) is 1. The van der Waals surface area contributed by atoms with Crippen LogP contribution in [0.1, 0.15) is 5.76 Å². The first kappa shape index (κ1) is 16.4. The first-order valence-electron chi connectivity index (χ1n) is 7.25. The van der Waals surface area contributed by atoms with E-state index in [0.717, 1.165) is 10.6 Å². The highest BCUT2D eigenvalue weighted by atomic mass is 32.2. The van der Waals surface area contributed by atoms with Gasteiger partial charge >= 0.3 is 0 Å². The summed E-state index contributed by atoms with van der Waals surface area (Å²) in [7, 11) is -1.02. The average Bonchev–Trinajstić information content (AvgIpc) is 3.02. The molecule has 0 aliphatic rings. The Morgan fingerprint density at radius 3 is 2.29 bits per heavy atom. The Balaban J connectivity index is 1.71. The van der Waals surface area contributed by atoms with Gasteiger partial charge in [0.2, 0.25) is 0 Å². The molecule has 0 fully saturated rings. The molecule has 24 heavy (non-hydrogen) atoms. The summed E-state index contributed by atoms with van der Waals surface area (Å²) in [4.78, 5) is 0.746. The van der Waals surface area contributed by atoms with Gasteiger partial charge in [-0.15, -0.1) is 0 Å². The van der Waals surface area contributed by atoms with E-state index in [1.54, 1.807) is 30.5 Å². The van der Waals surface area contributed by atoms with Crippen LogP contribution in [0.2, 0.25) is 0 Å². The third-order valence-corrected chi connectivity index (χ3v) is 4.46. The molecule has 3 aromatic rings. The number of rotatable bonds is 5. The first-order chi connectivity index (χ1) is 11.5. The highest BCUT2D eigenvalue weighted by molar-refractivity contribution is 7.84. The second kappa shape index (κ2) is 6.97. The van der Waals surface area contributed by atoms with Crippen LogP contribution >= 0.6 is 0 Å². The van der Waals surface area contributed by atoms with Gasteiger partial charge in [-0.3, -0.25) is 4.21 Å². The lowest BCUT2D eigenvalue weighted by Gasteiger charge is -2.05. The number of benzene rings is 2. The van der Waals surface area contributed by atoms with Crippen molar-refractivity contribution in [2.45, 2.75) is 11.4 Å². The van der Waals surface area contributed by atoms with Gasteiger partial charge < -0.3 is 9.73 Å². The minimum atomic E-state index is -1.02. The van der Waals surface area contributed by atoms with Crippen molar-refractivity contribution in [3.05, 3.63) is 72.0 Å². The van der Waals surface area contributed by atoms with Crippen LogP contribution in [0.4, 0.5) is 14.5 Å². The van der Waals surface area contributed by atoms with Crippen molar-refractivity contribution in [1.29, 1.82) is 0 Å². The zero-order chi connectivity index (χ0) is 17.1. The monoisotopic (exact) mass is 347 g/mol. The van der Waals surface area contributed by atoms with Crippen LogP contribution < -0.4 is 5.32 Å². The smallest absolute Gasteiger partial charge is 0.140 e. The van der Waals surface area contributed by atoms with Gasteiger partial charge in [0.25, 0.3) is 0 Å². The van der Waals surface area contributed by atoms with Crippen molar-refractivity contribution in [3.8, 4) is 11.3 Å². The molecule has 1 atom stereocenters. The maximum atomic E-state index is 13.8. The summed E-state index contributed by atoms with van der Waals surface area (Å²) in [6.45, 7) is 0.366. The first-order valence-corrected chi connectivity index (χ1v) is 8.81. The fraction of sp³-hybridized carbons (Fsp3) is 0.111. The van der Waals surface area contributed by atoms with E-state index < -0.39 is 22.4 Å². The molecule has 3 nitrogen and oxygen atoms in total. The molecule has 6 heteroatoms. The molecule has 0 amide bonds. The molecular formula is C18H15F2NO2S. The average molecular weight is 347 g/mol. The molecule has 1 N–H and O–H groups in total. The maximum Gasteiger partial charge on any atom is 0.140 e. The Morgan fingerprint density at radius 1 is 1.00 bits per heavy atom. The van der Waals surface area contributed by atoms with Crippen LogP contribution in [-0.2, 0) is 17.3 Å². The molecule has 1 aromatic heterocycles. The van der Waals surface area contributed by atoms with Gasteiger partial charge in [-0.2, -0.15) is 0 Å². The Labute approximate surface area is 140 Å². The highest BCUT2D eigenvalue weighted by Crippen LogP contribution is 2.28. The molecule has 0 saturated carbocycles. The van der Waals surface area contributed by atoms with E-state index in [1.807, 2.05) is 12.1 Å². The van der Waals surface area contributed by atoms with Crippen LogP contribution in [0.3, 0.4) is 0 Å². The van der Waals surface area contributed by atoms with E-state index >= 15 is 0 Å². The quantitative estimate of drug-likeness (QED) is 0.735. The molecule has 1 heterocycles. The molecular weight excluding hydrogens is 332 g/mol. The molecule has 124 valence electrons. The molecule has 0 aliphatic carbocycles. The van der Waals surface area contributed by atoms with E-state index in [1.165, 1.54) is 18.2 Å². The van der Waals surface area contributed by atoms with Crippen molar-refractivity contribution in [3.63, 3.8) is 0 Å². The van der Waals surface area contributed by atoms with Gasteiger partial charge in [0.05, 0.1) is 12.1 Å². The summed E-state index contributed by atoms with van der Waals surface area (Å²) >= 11 is 0. The lowest BCUT2D eigenvalue weighted by atomic mass is 10.1. The third kappa shape index (κ3) is 3.54. The fourth-order valence-corrected chi connectivity index (χ4v) is 2.81. The van der Waals surface area contributed by atoms with E-state index in [-0.39, 0.29) is 11.3 Å². The van der Waals surface area contributed by atoms with Crippen molar-refractivity contribution >= 4 is 16.5 Å². The zero-order valence-electron chi connectivity index (χ0n) is 12.9. The van der Waals surface area contributed by atoms with Crippen LogP contribution in [-0.4, -0.2) is 10.5 Å². The lowest BCUT2D eigenvalue weighted by Crippen LogP contribution is -1.98. The van der Waals surface area contributed by atoms with Crippen molar-refractivity contribution in [2.75, 3.05) is 11.6 Å². The largest absolute Gasteiger partial charge is 0.459 e. The summed E-state index contributed by atoms with van der Waals surface area (Å²) < 4.78 is 44.4. The van der Waals surface area contributed by atoms with Crippen LogP contribution in [0.5, 0.6) is 0 Å². The van der Waals surface area contributed by atoms with E-state index in [9.17, 15) is 13.0 Å². The van der Waals surface area contributed by atoms with Crippen molar-refractivity contribution in [1.82, 2.24) is 0 Å². The minimum absolute atomic E-state index is 0.152. The summed E-state index contributed by atoms with van der Waals surface area (Å²) in [6.07, 6.45) is 1.62. The van der Waals surface area contributed by atoms with Gasteiger partial charge in [0.15, 0.2) is 0 Å². The van der Waals surface area contributed by atoms with Gasteiger partial charge in [-0.25, -0.2) is 8.78 Å². The Bertz CT molecular complexity index is 855.